The second-order valence-corrected chi connectivity index (χ2v) is 2.13. The molecular weight excluding hydrogens is 185 g/mol. The van der Waals surface area contributed by atoms with Gasteiger partial charge in [0, 0.05) is 11.9 Å². The minimum absolute atomic E-state index is 0.397. The highest BCUT2D eigenvalue weighted by molar-refractivity contribution is 8.12. The molecule has 0 aromatic carbocycles. The van der Waals surface area contributed by atoms with Crippen molar-refractivity contribution in [1.82, 2.24) is 4.72 Å². The average Bonchev–Trinajstić information content (AvgIpc) is 1.80. The molecule has 0 atom stereocenters. The van der Waals surface area contributed by atoms with Gasteiger partial charge >= 0.3 is 17.3 Å². The topological polar surface area (TPSA) is 72.2 Å². The van der Waals surface area contributed by atoms with Crippen molar-refractivity contribution in [2.45, 2.75) is 6.18 Å². The third kappa shape index (κ3) is 4.48. The van der Waals surface area contributed by atoms with Gasteiger partial charge in [0.1, 0.15) is 0 Å². The van der Waals surface area contributed by atoms with E-state index >= 15 is 0 Å². The quantitative estimate of drug-likeness (QED) is 0.540. The zero-order valence-electron chi connectivity index (χ0n) is 4.94. The largest absolute Gasteiger partial charge is 0.462 e. The summed E-state index contributed by atoms with van der Waals surface area (Å²) < 4.78 is 35.4. The summed E-state index contributed by atoms with van der Waals surface area (Å²) in [6.45, 7) is 0. The van der Waals surface area contributed by atoms with Crippen LogP contribution in [0.2, 0.25) is 0 Å². The van der Waals surface area contributed by atoms with E-state index in [-0.39, 0.29) is 0 Å². The van der Waals surface area contributed by atoms with Gasteiger partial charge in [0.15, 0.2) is 0 Å². The van der Waals surface area contributed by atoms with E-state index < -0.39 is 29.3 Å². The predicted molar refractivity (Wildman–Crippen MR) is 31.4 cm³/mol. The summed E-state index contributed by atoms with van der Waals surface area (Å²) in [5, 5.41) is -2.11. The van der Waals surface area contributed by atoms with Gasteiger partial charge < -0.3 is 5.73 Å². The van der Waals surface area contributed by atoms with Crippen molar-refractivity contribution >= 4 is 23.1 Å². The lowest BCUT2D eigenvalue weighted by Gasteiger charge is -2.02. The third-order valence-corrected chi connectivity index (χ3v) is 1.20. The minimum atomic E-state index is -4.95. The van der Waals surface area contributed by atoms with E-state index in [0.29, 0.717) is 0 Å². The van der Waals surface area contributed by atoms with Crippen LogP contribution in [0.4, 0.5) is 18.0 Å². The fraction of sp³-hybridized carbons (Fsp3) is 0.333. The molecule has 0 aliphatic carbocycles. The Morgan fingerprint density at radius 3 is 2.09 bits per heavy atom. The number of nitrogens with one attached hydrogen (secondary N) is 1. The molecule has 0 heterocycles. The van der Waals surface area contributed by atoms with E-state index in [0.717, 1.165) is 0 Å². The number of hydrogen-bond donors (Lipinski definition) is 2. The lowest BCUT2D eigenvalue weighted by molar-refractivity contribution is -0.160. The summed E-state index contributed by atoms with van der Waals surface area (Å²) in [6, 6.07) is -1.20. The van der Waals surface area contributed by atoms with Gasteiger partial charge in [-0.05, 0) is 0 Å². The number of carbonyl (C=O) groups excluding carboxylic acids is 2. The number of amides is 2. The van der Waals surface area contributed by atoms with E-state index in [1.807, 2.05) is 0 Å². The molecule has 64 valence electrons. The average molecular weight is 188 g/mol. The van der Waals surface area contributed by atoms with E-state index in [9.17, 15) is 22.8 Å². The number of hydrogen-bond acceptors (Lipinski definition) is 3. The molecule has 0 aliphatic heterocycles. The summed E-state index contributed by atoms with van der Waals surface area (Å²) in [4.78, 5) is 19.7. The Balaban J connectivity index is 3.80. The molecule has 0 bridgehead atoms. The molecule has 4 nitrogen and oxygen atoms in total. The molecule has 8 heteroatoms. The SMILES string of the molecule is NC(=O)NSC(=O)C(F)(F)F. The van der Waals surface area contributed by atoms with Crippen LogP contribution in [0.25, 0.3) is 0 Å². The summed E-state index contributed by atoms with van der Waals surface area (Å²) >= 11 is -0.397. The maximum absolute atomic E-state index is 11.3. The van der Waals surface area contributed by atoms with Crippen molar-refractivity contribution in [1.29, 1.82) is 0 Å². The fourth-order valence-corrected chi connectivity index (χ4v) is 0.464. The molecule has 0 rings (SSSR count). The molecule has 0 radical (unpaired) electrons. The molecule has 0 aliphatic rings. The van der Waals surface area contributed by atoms with Crippen molar-refractivity contribution < 1.29 is 22.8 Å². The van der Waals surface area contributed by atoms with Gasteiger partial charge in [-0.3, -0.25) is 9.52 Å². The zero-order valence-corrected chi connectivity index (χ0v) is 5.75. The van der Waals surface area contributed by atoms with Gasteiger partial charge in [0.2, 0.25) is 0 Å². The van der Waals surface area contributed by atoms with Crippen molar-refractivity contribution in [3.8, 4) is 0 Å². The number of rotatable bonds is 0. The number of carbonyl (C=O) groups is 2. The molecule has 2 amide bonds. The molecule has 0 saturated heterocycles. The number of halogens is 3. The molecule has 11 heavy (non-hydrogen) atoms. The van der Waals surface area contributed by atoms with Gasteiger partial charge in [-0.25, -0.2) is 4.79 Å². The highest BCUT2D eigenvalue weighted by Gasteiger charge is 2.39. The molecule has 0 aromatic heterocycles. The second-order valence-electron chi connectivity index (χ2n) is 1.35. The first kappa shape index (κ1) is 10.1. The van der Waals surface area contributed by atoms with Crippen LogP contribution in [-0.4, -0.2) is 17.3 Å². The predicted octanol–water partition coefficient (Wildman–Crippen LogP) is 0.392. The second kappa shape index (κ2) is 3.46. The van der Waals surface area contributed by atoms with E-state index in [2.05, 4.69) is 5.73 Å². The van der Waals surface area contributed by atoms with Crippen LogP contribution in [0.1, 0.15) is 0 Å². The van der Waals surface area contributed by atoms with E-state index in [1.165, 1.54) is 4.72 Å². The van der Waals surface area contributed by atoms with Crippen LogP contribution in [0.3, 0.4) is 0 Å². The van der Waals surface area contributed by atoms with E-state index in [1.54, 1.807) is 0 Å². The van der Waals surface area contributed by atoms with Gasteiger partial charge in [0.25, 0.3) is 0 Å². The smallest absolute Gasteiger partial charge is 0.351 e. The summed E-state index contributed by atoms with van der Waals surface area (Å²) in [7, 11) is 0. The van der Waals surface area contributed by atoms with Crippen molar-refractivity contribution in [3.63, 3.8) is 0 Å². The Hall–Kier alpha value is -0.920. The van der Waals surface area contributed by atoms with Crippen molar-refractivity contribution in [2.75, 3.05) is 0 Å². The number of urea groups is 1. The van der Waals surface area contributed by atoms with Crippen LogP contribution in [0, 0.1) is 0 Å². The number of primary amides is 1. The first-order chi connectivity index (χ1) is 4.84. The van der Waals surface area contributed by atoms with Crippen LogP contribution in [0.5, 0.6) is 0 Å². The molecule has 0 saturated carbocycles. The Morgan fingerprint density at radius 1 is 1.36 bits per heavy atom. The minimum Gasteiger partial charge on any atom is -0.351 e. The number of nitrogens with two attached hydrogens (primary N) is 1. The van der Waals surface area contributed by atoms with Crippen molar-refractivity contribution in [3.05, 3.63) is 0 Å². The fourth-order valence-electron chi connectivity index (χ4n) is 0.155. The van der Waals surface area contributed by atoms with Gasteiger partial charge in [-0.1, -0.05) is 0 Å². The highest BCUT2D eigenvalue weighted by atomic mass is 32.2. The summed E-state index contributed by atoms with van der Waals surface area (Å²) in [5.41, 5.74) is 4.39. The molecule has 0 aromatic rings. The Morgan fingerprint density at radius 2 is 1.82 bits per heavy atom. The summed E-state index contributed by atoms with van der Waals surface area (Å²) in [6.07, 6.45) is -4.95. The lowest BCUT2D eigenvalue weighted by atomic mass is 10.8. The zero-order chi connectivity index (χ0) is 9.07. The monoisotopic (exact) mass is 188 g/mol. The van der Waals surface area contributed by atoms with Gasteiger partial charge in [-0.2, -0.15) is 13.2 Å². The van der Waals surface area contributed by atoms with Crippen LogP contribution in [0.15, 0.2) is 0 Å². The normalized spacial score (nSPS) is 10.8. The van der Waals surface area contributed by atoms with Crippen LogP contribution >= 0.6 is 11.9 Å². The Kier molecular flexibility index (Phi) is 3.18. The third-order valence-electron chi connectivity index (χ3n) is 0.476. The maximum atomic E-state index is 11.3. The first-order valence-electron chi connectivity index (χ1n) is 2.17. The van der Waals surface area contributed by atoms with Gasteiger partial charge in [0.05, 0.1) is 0 Å². The van der Waals surface area contributed by atoms with Crippen LogP contribution in [-0.2, 0) is 4.79 Å². The molecular formula is C3H3F3N2O2S. The van der Waals surface area contributed by atoms with Crippen LogP contribution < -0.4 is 10.5 Å². The molecule has 3 N–H and O–H groups in total. The Labute approximate surface area is 63.4 Å². The lowest BCUT2D eigenvalue weighted by Crippen LogP contribution is -2.29. The van der Waals surface area contributed by atoms with Gasteiger partial charge in [-0.15, -0.1) is 0 Å². The highest BCUT2D eigenvalue weighted by Crippen LogP contribution is 2.21. The number of alkyl halides is 3. The summed E-state index contributed by atoms with van der Waals surface area (Å²) in [5.74, 6) is 0. The maximum Gasteiger partial charge on any atom is 0.462 e. The molecule has 0 spiro atoms. The molecule has 0 unspecified atom stereocenters. The Bertz CT molecular complexity index is 180. The standard InChI is InChI=1S/C3H3F3N2O2S/c4-3(5,6)1(9)11-8-2(7)10/h(H3,7,8,10). The first-order valence-corrected chi connectivity index (χ1v) is 2.99. The van der Waals surface area contributed by atoms with E-state index in [4.69, 9.17) is 0 Å². The molecule has 0 fully saturated rings. The van der Waals surface area contributed by atoms with Crippen molar-refractivity contribution in [2.24, 2.45) is 5.73 Å².